The fourth-order valence-electron chi connectivity index (χ4n) is 2.33. The number of rotatable bonds is 8. The first kappa shape index (κ1) is 16.5. The molecule has 2 rings (SSSR count). The Bertz CT molecular complexity index is 535. The molecule has 1 aromatic carbocycles. The number of carbonyl (C=O) groups is 2. The van der Waals surface area contributed by atoms with Crippen molar-refractivity contribution in [2.75, 3.05) is 13.2 Å². The largest absolute Gasteiger partial charge is 0.484 e. The Balaban J connectivity index is 1.90. The summed E-state index contributed by atoms with van der Waals surface area (Å²) in [5, 5.41) is 0. The van der Waals surface area contributed by atoms with Crippen LogP contribution in [0.1, 0.15) is 50.4 Å². The third-order valence-corrected chi connectivity index (χ3v) is 3.86. The van der Waals surface area contributed by atoms with Crippen molar-refractivity contribution in [2.45, 2.75) is 46.1 Å². The Kier molecular flexibility index (Phi) is 5.58. The topological polar surface area (TPSA) is 46.6 Å². The molecule has 0 N–H and O–H groups in total. The first-order valence-electron chi connectivity index (χ1n) is 8.00. The summed E-state index contributed by atoms with van der Waals surface area (Å²) >= 11 is 0. The molecule has 0 unspecified atom stereocenters. The lowest BCUT2D eigenvalue weighted by Gasteiger charge is -2.23. The highest BCUT2D eigenvalue weighted by Crippen LogP contribution is 2.27. The maximum atomic E-state index is 12.4. The minimum Gasteiger partial charge on any atom is -0.484 e. The molecule has 1 aromatic rings. The minimum absolute atomic E-state index is 0.00619. The third kappa shape index (κ3) is 4.86. The Hall–Kier alpha value is -1.84. The first-order valence-corrected chi connectivity index (χ1v) is 8.00. The standard InChI is InChI=1S/C18H25NO3/c1-13(2)9-10-19(16-7-8-16)18(21)12-22-17-6-4-5-15(11-17)14(3)20/h4-6,11,13,16H,7-10,12H2,1-3H3. The number of nitrogens with zero attached hydrogens (tertiary/aromatic N) is 1. The highest BCUT2D eigenvalue weighted by molar-refractivity contribution is 5.94. The highest BCUT2D eigenvalue weighted by Gasteiger charge is 2.32. The molecule has 0 bridgehead atoms. The summed E-state index contributed by atoms with van der Waals surface area (Å²) in [6.45, 7) is 6.69. The third-order valence-electron chi connectivity index (χ3n) is 3.86. The maximum Gasteiger partial charge on any atom is 0.260 e. The van der Waals surface area contributed by atoms with Crippen LogP contribution in [-0.2, 0) is 4.79 Å². The van der Waals surface area contributed by atoms with E-state index in [1.165, 1.54) is 6.92 Å². The van der Waals surface area contributed by atoms with Gasteiger partial charge in [0.2, 0.25) is 0 Å². The van der Waals surface area contributed by atoms with Crippen molar-refractivity contribution < 1.29 is 14.3 Å². The van der Waals surface area contributed by atoms with E-state index < -0.39 is 0 Å². The molecule has 0 spiro atoms. The van der Waals surface area contributed by atoms with Crippen LogP contribution in [0, 0.1) is 5.92 Å². The van der Waals surface area contributed by atoms with Crippen LogP contribution in [0.4, 0.5) is 0 Å². The Morgan fingerprint density at radius 1 is 1.32 bits per heavy atom. The van der Waals surface area contributed by atoms with Crippen LogP contribution in [0.2, 0.25) is 0 Å². The van der Waals surface area contributed by atoms with E-state index in [4.69, 9.17) is 4.74 Å². The Morgan fingerprint density at radius 3 is 2.64 bits per heavy atom. The van der Waals surface area contributed by atoms with Gasteiger partial charge in [0.1, 0.15) is 5.75 Å². The number of Topliss-reactive ketones (excluding diaryl/α,β-unsaturated/α-hetero) is 1. The van der Waals surface area contributed by atoms with Crippen LogP contribution in [0.15, 0.2) is 24.3 Å². The molecule has 1 saturated carbocycles. The van der Waals surface area contributed by atoms with E-state index in [-0.39, 0.29) is 18.3 Å². The van der Waals surface area contributed by atoms with Gasteiger partial charge in [-0.3, -0.25) is 9.59 Å². The molecule has 0 atom stereocenters. The van der Waals surface area contributed by atoms with Gasteiger partial charge in [-0.05, 0) is 44.2 Å². The van der Waals surface area contributed by atoms with Crippen molar-refractivity contribution in [3.8, 4) is 5.75 Å². The lowest BCUT2D eigenvalue weighted by atomic mass is 10.1. The number of benzene rings is 1. The second kappa shape index (κ2) is 7.43. The fourth-order valence-corrected chi connectivity index (χ4v) is 2.33. The van der Waals surface area contributed by atoms with Crippen molar-refractivity contribution in [3.63, 3.8) is 0 Å². The molecule has 0 heterocycles. The van der Waals surface area contributed by atoms with Gasteiger partial charge in [0.05, 0.1) is 0 Å². The van der Waals surface area contributed by atoms with E-state index in [1.807, 2.05) is 4.90 Å². The molecule has 1 aliphatic carbocycles. The second-order valence-electron chi connectivity index (χ2n) is 6.37. The van der Waals surface area contributed by atoms with E-state index in [0.717, 1.165) is 25.8 Å². The SMILES string of the molecule is CC(=O)c1cccc(OCC(=O)N(CCC(C)C)C2CC2)c1. The van der Waals surface area contributed by atoms with E-state index in [2.05, 4.69) is 13.8 Å². The number of carbonyl (C=O) groups excluding carboxylic acids is 2. The van der Waals surface area contributed by atoms with Crippen LogP contribution >= 0.6 is 0 Å². The van der Waals surface area contributed by atoms with E-state index in [0.29, 0.717) is 23.3 Å². The number of hydrogen-bond donors (Lipinski definition) is 0. The molecular formula is C18H25NO3. The lowest BCUT2D eigenvalue weighted by molar-refractivity contribution is -0.134. The van der Waals surface area contributed by atoms with Crippen molar-refractivity contribution in [1.82, 2.24) is 4.90 Å². The lowest BCUT2D eigenvalue weighted by Crippen LogP contribution is -2.37. The summed E-state index contributed by atoms with van der Waals surface area (Å²) in [7, 11) is 0. The first-order chi connectivity index (χ1) is 10.5. The maximum absolute atomic E-state index is 12.4. The van der Waals surface area contributed by atoms with Crippen LogP contribution in [0.5, 0.6) is 5.75 Å². The average molecular weight is 303 g/mol. The van der Waals surface area contributed by atoms with Crippen molar-refractivity contribution >= 4 is 11.7 Å². The van der Waals surface area contributed by atoms with E-state index >= 15 is 0 Å². The quantitative estimate of drug-likeness (QED) is 0.692. The monoisotopic (exact) mass is 303 g/mol. The normalized spacial score (nSPS) is 14.0. The predicted octanol–water partition coefficient (Wildman–Crippen LogP) is 3.31. The number of ketones is 1. The van der Waals surface area contributed by atoms with Gasteiger partial charge < -0.3 is 9.64 Å². The highest BCUT2D eigenvalue weighted by atomic mass is 16.5. The van der Waals surface area contributed by atoms with Gasteiger partial charge in [-0.25, -0.2) is 0 Å². The predicted molar refractivity (Wildman–Crippen MR) is 86.1 cm³/mol. The van der Waals surface area contributed by atoms with Gasteiger partial charge in [-0.15, -0.1) is 0 Å². The van der Waals surface area contributed by atoms with Crippen LogP contribution in [0.3, 0.4) is 0 Å². The summed E-state index contributed by atoms with van der Waals surface area (Å²) in [5.41, 5.74) is 0.601. The zero-order valence-electron chi connectivity index (χ0n) is 13.7. The molecule has 0 radical (unpaired) electrons. The average Bonchev–Trinajstić information content (AvgIpc) is 3.30. The van der Waals surface area contributed by atoms with Crippen molar-refractivity contribution in [3.05, 3.63) is 29.8 Å². The van der Waals surface area contributed by atoms with Gasteiger partial charge in [-0.2, -0.15) is 0 Å². The second-order valence-corrected chi connectivity index (χ2v) is 6.37. The molecule has 0 saturated heterocycles. The zero-order valence-corrected chi connectivity index (χ0v) is 13.7. The van der Waals surface area contributed by atoms with Crippen LogP contribution in [0.25, 0.3) is 0 Å². The molecule has 0 aromatic heterocycles. The molecule has 1 amide bonds. The molecule has 22 heavy (non-hydrogen) atoms. The van der Waals surface area contributed by atoms with E-state index in [1.54, 1.807) is 24.3 Å². The molecule has 0 aliphatic heterocycles. The Morgan fingerprint density at radius 2 is 2.05 bits per heavy atom. The summed E-state index contributed by atoms with van der Waals surface area (Å²) < 4.78 is 5.58. The number of amides is 1. The van der Waals surface area contributed by atoms with Crippen LogP contribution < -0.4 is 4.74 Å². The molecular weight excluding hydrogens is 278 g/mol. The van der Waals surface area contributed by atoms with Crippen molar-refractivity contribution in [2.24, 2.45) is 5.92 Å². The number of ether oxygens (including phenoxy) is 1. The molecule has 120 valence electrons. The van der Waals surface area contributed by atoms with Crippen LogP contribution in [-0.4, -0.2) is 35.8 Å². The number of hydrogen-bond acceptors (Lipinski definition) is 3. The molecule has 4 nitrogen and oxygen atoms in total. The summed E-state index contributed by atoms with van der Waals surface area (Å²) in [5.74, 6) is 1.19. The summed E-state index contributed by atoms with van der Waals surface area (Å²) in [4.78, 5) is 25.7. The zero-order chi connectivity index (χ0) is 16.1. The summed E-state index contributed by atoms with van der Waals surface area (Å²) in [6.07, 6.45) is 3.22. The van der Waals surface area contributed by atoms with Gasteiger partial charge in [0, 0.05) is 18.2 Å². The summed E-state index contributed by atoms with van der Waals surface area (Å²) in [6, 6.07) is 7.38. The fraction of sp³-hybridized carbons (Fsp3) is 0.556. The minimum atomic E-state index is -0.00619. The molecule has 4 heteroatoms. The smallest absolute Gasteiger partial charge is 0.260 e. The van der Waals surface area contributed by atoms with Gasteiger partial charge in [0.15, 0.2) is 12.4 Å². The van der Waals surface area contributed by atoms with Gasteiger partial charge in [-0.1, -0.05) is 26.0 Å². The Labute approximate surface area is 132 Å². The van der Waals surface area contributed by atoms with Gasteiger partial charge in [0.25, 0.3) is 5.91 Å². The van der Waals surface area contributed by atoms with Gasteiger partial charge >= 0.3 is 0 Å². The molecule has 1 aliphatic rings. The van der Waals surface area contributed by atoms with E-state index in [9.17, 15) is 9.59 Å². The van der Waals surface area contributed by atoms with Crippen molar-refractivity contribution in [1.29, 1.82) is 0 Å². The molecule has 1 fully saturated rings.